The Morgan fingerprint density at radius 2 is 1.87 bits per heavy atom. The highest BCUT2D eigenvalue weighted by molar-refractivity contribution is 5.60. The average Bonchev–Trinajstić information content (AvgIpc) is 2.26. The summed E-state index contributed by atoms with van der Waals surface area (Å²) >= 11 is 0. The molecule has 0 saturated carbocycles. The quantitative estimate of drug-likeness (QED) is 0.628. The lowest BCUT2D eigenvalue weighted by atomic mass is 9.94. The Balaban J connectivity index is 2.55. The van der Waals surface area contributed by atoms with E-state index >= 15 is 0 Å². The normalized spacial score (nSPS) is 24.9. The van der Waals surface area contributed by atoms with Crippen LogP contribution in [-0.2, 0) is 0 Å². The lowest BCUT2D eigenvalue weighted by Gasteiger charge is -2.17. The Morgan fingerprint density at radius 1 is 1.13 bits per heavy atom. The number of aryl methyl sites for hydroxylation is 1. The number of rotatable bonds is 0. The molecule has 1 heteroatoms. The second kappa shape index (κ2) is 3.73. The number of anilines is 1. The van der Waals surface area contributed by atoms with Crippen molar-refractivity contribution in [3.8, 4) is 0 Å². The number of benzene rings is 1. The van der Waals surface area contributed by atoms with Crippen molar-refractivity contribution in [2.24, 2.45) is 0 Å². The van der Waals surface area contributed by atoms with Crippen molar-refractivity contribution < 1.29 is 0 Å². The maximum Gasteiger partial charge on any atom is 0.0443 e. The van der Waals surface area contributed by atoms with Crippen LogP contribution in [-0.4, -0.2) is 6.04 Å². The molecule has 1 aliphatic rings. The largest absolute Gasteiger partial charge is 0.379 e. The predicted molar refractivity (Wildman–Crippen MR) is 66.4 cm³/mol. The van der Waals surface area contributed by atoms with Crippen molar-refractivity contribution >= 4 is 5.69 Å². The summed E-state index contributed by atoms with van der Waals surface area (Å²) in [4.78, 5) is 0. The van der Waals surface area contributed by atoms with Gasteiger partial charge in [0.2, 0.25) is 0 Å². The molecule has 0 bridgehead atoms. The smallest absolute Gasteiger partial charge is 0.0443 e. The highest BCUT2D eigenvalue weighted by Crippen LogP contribution is 2.33. The van der Waals surface area contributed by atoms with E-state index in [9.17, 15) is 0 Å². The summed E-state index contributed by atoms with van der Waals surface area (Å²) in [5, 5.41) is 3.58. The van der Waals surface area contributed by atoms with Gasteiger partial charge in [-0.25, -0.2) is 0 Å². The van der Waals surface area contributed by atoms with Crippen molar-refractivity contribution in [2.75, 3.05) is 5.32 Å². The summed E-state index contributed by atoms with van der Waals surface area (Å²) in [5.74, 6) is 0.513. The molecule has 0 aliphatic carbocycles. The van der Waals surface area contributed by atoms with E-state index in [0.717, 1.165) is 0 Å². The molecule has 0 spiro atoms. The highest BCUT2D eigenvalue weighted by Gasteiger charge is 2.18. The van der Waals surface area contributed by atoms with Gasteiger partial charge in [0.05, 0.1) is 0 Å². The molecule has 2 unspecified atom stereocenters. The Hall–Kier alpha value is -1.24. The van der Waals surface area contributed by atoms with Gasteiger partial charge >= 0.3 is 0 Å². The maximum atomic E-state index is 3.58. The van der Waals surface area contributed by atoms with Crippen LogP contribution in [0, 0.1) is 6.92 Å². The molecule has 2 rings (SSSR count). The molecule has 0 radical (unpaired) electrons. The Morgan fingerprint density at radius 3 is 2.60 bits per heavy atom. The van der Waals surface area contributed by atoms with Crippen molar-refractivity contribution in [1.29, 1.82) is 0 Å². The van der Waals surface area contributed by atoms with Gasteiger partial charge in [-0.3, -0.25) is 0 Å². The van der Waals surface area contributed by atoms with Crippen LogP contribution in [0.3, 0.4) is 0 Å². The van der Waals surface area contributed by atoms with E-state index in [2.05, 4.69) is 57.3 Å². The summed E-state index contributed by atoms with van der Waals surface area (Å²) < 4.78 is 0. The van der Waals surface area contributed by atoms with Crippen LogP contribution in [0.4, 0.5) is 5.69 Å². The lowest BCUT2D eigenvalue weighted by molar-refractivity contribution is 0.911. The number of nitrogens with one attached hydrogen (secondary N) is 1. The SMILES string of the molecule is CC1=CC(C)c2c(C)cccc2NC1C. The first-order chi connectivity index (χ1) is 7.09. The van der Waals surface area contributed by atoms with E-state index in [-0.39, 0.29) is 0 Å². The third-order valence-corrected chi connectivity index (χ3v) is 3.35. The minimum atomic E-state index is 0.440. The fourth-order valence-corrected chi connectivity index (χ4v) is 2.38. The van der Waals surface area contributed by atoms with E-state index in [4.69, 9.17) is 0 Å². The molecule has 1 aromatic carbocycles. The zero-order valence-corrected chi connectivity index (χ0v) is 9.96. The zero-order chi connectivity index (χ0) is 11.0. The monoisotopic (exact) mass is 201 g/mol. The molecular formula is C14H19N. The summed E-state index contributed by atoms with van der Waals surface area (Å²) in [7, 11) is 0. The van der Waals surface area contributed by atoms with E-state index < -0.39 is 0 Å². The molecule has 1 aromatic rings. The van der Waals surface area contributed by atoms with Crippen molar-refractivity contribution in [3.63, 3.8) is 0 Å². The van der Waals surface area contributed by atoms with Gasteiger partial charge in [-0.1, -0.05) is 30.7 Å². The standard InChI is InChI=1S/C14H19N/c1-9-6-5-7-13-14(9)11(3)8-10(2)12(4)15-13/h5-8,11-12,15H,1-4H3. The molecule has 1 heterocycles. The van der Waals surface area contributed by atoms with Gasteiger partial charge in [0.1, 0.15) is 0 Å². The van der Waals surface area contributed by atoms with Crippen molar-refractivity contribution in [1.82, 2.24) is 0 Å². The highest BCUT2D eigenvalue weighted by atomic mass is 14.9. The molecule has 0 saturated heterocycles. The second-order valence-electron chi connectivity index (χ2n) is 4.60. The topological polar surface area (TPSA) is 12.0 Å². The molecule has 1 nitrogen and oxygen atoms in total. The van der Waals surface area contributed by atoms with Gasteiger partial charge < -0.3 is 5.32 Å². The van der Waals surface area contributed by atoms with Crippen molar-refractivity contribution in [3.05, 3.63) is 41.0 Å². The van der Waals surface area contributed by atoms with Crippen molar-refractivity contribution in [2.45, 2.75) is 39.7 Å². The average molecular weight is 201 g/mol. The summed E-state index contributed by atoms with van der Waals surface area (Å²) in [5.41, 5.74) is 5.55. The van der Waals surface area contributed by atoms with Crippen LogP contribution in [0.15, 0.2) is 29.8 Å². The van der Waals surface area contributed by atoms with E-state index in [1.807, 2.05) is 0 Å². The number of hydrogen-bond donors (Lipinski definition) is 1. The van der Waals surface area contributed by atoms with Gasteiger partial charge in [-0.2, -0.15) is 0 Å². The number of allylic oxidation sites excluding steroid dienone is 1. The fraction of sp³-hybridized carbons (Fsp3) is 0.429. The minimum Gasteiger partial charge on any atom is -0.379 e. The van der Waals surface area contributed by atoms with E-state index in [1.54, 1.807) is 0 Å². The van der Waals surface area contributed by atoms with Crippen LogP contribution >= 0.6 is 0 Å². The number of hydrogen-bond acceptors (Lipinski definition) is 1. The zero-order valence-electron chi connectivity index (χ0n) is 9.96. The van der Waals surface area contributed by atoms with Crippen LogP contribution in [0.2, 0.25) is 0 Å². The predicted octanol–water partition coefficient (Wildman–Crippen LogP) is 3.86. The van der Waals surface area contributed by atoms with Crippen LogP contribution in [0.5, 0.6) is 0 Å². The summed E-state index contributed by atoms with van der Waals surface area (Å²) in [6.07, 6.45) is 2.37. The molecule has 0 aromatic heterocycles. The molecule has 1 aliphatic heterocycles. The maximum absolute atomic E-state index is 3.58. The van der Waals surface area contributed by atoms with E-state index in [1.165, 1.54) is 22.4 Å². The first-order valence-electron chi connectivity index (χ1n) is 5.64. The van der Waals surface area contributed by atoms with Gasteiger partial charge in [0.25, 0.3) is 0 Å². The molecule has 80 valence electrons. The summed E-state index contributed by atoms with van der Waals surface area (Å²) in [6, 6.07) is 6.94. The molecule has 15 heavy (non-hydrogen) atoms. The van der Waals surface area contributed by atoms with Gasteiger partial charge in [-0.15, -0.1) is 0 Å². The molecular weight excluding hydrogens is 182 g/mol. The molecule has 1 N–H and O–H groups in total. The lowest BCUT2D eigenvalue weighted by Crippen LogP contribution is -2.15. The first-order valence-corrected chi connectivity index (χ1v) is 5.64. The third kappa shape index (κ3) is 1.79. The first kappa shape index (κ1) is 10.3. The van der Waals surface area contributed by atoms with E-state index in [0.29, 0.717) is 12.0 Å². The second-order valence-corrected chi connectivity index (χ2v) is 4.60. The van der Waals surface area contributed by atoms with Crippen LogP contribution in [0.1, 0.15) is 37.8 Å². The van der Waals surface area contributed by atoms with Gasteiger partial charge in [-0.05, 0) is 38.0 Å². The number of fused-ring (bicyclic) bond motifs is 1. The molecule has 2 atom stereocenters. The molecule has 0 fully saturated rings. The molecule has 0 amide bonds. The van der Waals surface area contributed by atoms with Gasteiger partial charge in [0.15, 0.2) is 0 Å². The van der Waals surface area contributed by atoms with Crippen LogP contribution < -0.4 is 5.32 Å². The Kier molecular flexibility index (Phi) is 2.56. The van der Waals surface area contributed by atoms with Crippen LogP contribution in [0.25, 0.3) is 0 Å². The van der Waals surface area contributed by atoms with Gasteiger partial charge in [0, 0.05) is 17.6 Å². The Labute approximate surface area is 92.2 Å². The fourth-order valence-electron chi connectivity index (χ4n) is 2.38. The third-order valence-electron chi connectivity index (χ3n) is 3.35. The summed E-state index contributed by atoms with van der Waals surface area (Å²) in [6.45, 7) is 8.89. The minimum absolute atomic E-state index is 0.440. The Bertz CT molecular complexity index is 404.